The Balaban J connectivity index is 2.21. The van der Waals surface area contributed by atoms with Crippen molar-refractivity contribution in [3.05, 3.63) is 46.0 Å². The Morgan fingerprint density at radius 2 is 2.08 bits per heavy atom. The second-order valence-corrected chi connectivity index (χ2v) is 6.34. The van der Waals surface area contributed by atoms with Crippen molar-refractivity contribution in [3.63, 3.8) is 0 Å². The third-order valence-corrected chi connectivity index (χ3v) is 3.17. The number of hydrogen-bond acceptors (Lipinski definition) is 6. The van der Waals surface area contributed by atoms with E-state index in [0.717, 1.165) is 17.7 Å². The molecule has 2 aromatic rings. The lowest BCUT2D eigenvalue weighted by molar-refractivity contribution is 0.317. The van der Waals surface area contributed by atoms with Gasteiger partial charge in [0.05, 0.1) is 12.8 Å². The average molecular weight is 329 g/mol. The summed E-state index contributed by atoms with van der Waals surface area (Å²) in [6.45, 7) is 8.65. The summed E-state index contributed by atoms with van der Waals surface area (Å²) in [6, 6.07) is 7.62. The molecule has 0 aliphatic heterocycles. The molecule has 0 radical (unpaired) electrons. The summed E-state index contributed by atoms with van der Waals surface area (Å²) >= 11 is 0. The smallest absolute Gasteiger partial charge is 0.363 e. The first-order chi connectivity index (χ1) is 11.4. The Labute approximate surface area is 141 Å². The number of aromatic nitrogens is 3. The molecule has 128 valence electrons. The maximum absolute atomic E-state index is 11.4. The van der Waals surface area contributed by atoms with Gasteiger partial charge in [-0.05, 0) is 18.6 Å². The number of ether oxygens (including phenoxy) is 1. The number of nitrogens with one attached hydrogen (secondary N) is 2. The molecule has 0 saturated heterocycles. The summed E-state index contributed by atoms with van der Waals surface area (Å²) < 4.78 is 5.68. The Morgan fingerprint density at radius 1 is 1.33 bits per heavy atom. The third kappa shape index (κ3) is 4.65. The van der Waals surface area contributed by atoms with Gasteiger partial charge in [-0.15, -0.1) is 0 Å². The van der Waals surface area contributed by atoms with E-state index in [1.807, 2.05) is 45.0 Å². The molecule has 2 N–H and O–H groups in total. The highest BCUT2D eigenvalue weighted by Crippen LogP contribution is 2.24. The molecule has 0 aliphatic carbocycles. The van der Waals surface area contributed by atoms with Crippen LogP contribution >= 0.6 is 0 Å². The lowest BCUT2D eigenvalue weighted by Gasteiger charge is -2.18. The van der Waals surface area contributed by atoms with Gasteiger partial charge in [-0.25, -0.2) is 9.89 Å². The normalized spacial score (nSPS) is 11.7. The Morgan fingerprint density at radius 3 is 2.79 bits per heavy atom. The number of aromatic amines is 1. The molecule has 0 unspecified atom stereocenters. The lowest BCUT2D eigenvalue weighted by Crippen LogP contribution is -2.24. The van der Waals surface area contributed by atoms with Gasteiger partial charge < -0.3 is 4.74 Å². The van der Waals surface area contributed by atoms with Crippen molar-refractivity contribution in [1.82, 2.24) is 15.2 Å². The predicted octanol–water partition coefficient (Wildman–Crippen LogP) is 2.70. The number of rotatable bonds is 6. The van der Waals surface area contributed by atoms with Crippen molar-refractivity contribution < 1.29 is 4.74 Å². The van der Waals surface area contributed by atoms with Crippen molar-refractivity contribution in [1.29, 1.82) is 0 Å². The minimum atomic E-state index is -0.521. The van der Waals surface area contributed by atoms with Gasteiger partial charge in [0.15, 0.2) is 5.82 Å². The van der Waals surface area contributed by atoms with E-state index in [2.05, 4.69) is 32.6 Å². The van der Waals surface area contributed by atoms with Crippen LogP contribution in [0.25, 0.3) is 0 Å². The topological polar surface area (TPSA) is 92.3 Å². The second kappa shape index (κ2) is 7.72. The quantitative estimate of drug-likeness (QED) is 0.628. The molecule has 1 heterocycles. The minimum Gasteiger partial charge on any atom is -0.493 e. The monoisotopic (exact) mass is 329 g/mol. The van der Waals surface area contributed by atoms with E-state index in [4.69, 9.17) is 4.74 Å². The van der Waals surface area contributed by atoms with Gasteiger partial charge in [0, 0.05) is 11.0 Å². The summed E-state index contributed by atoms with van der Waals surface area (Å²) in [6.07, 6.45) is 2.57. The largest absolute Gasteiger partial charge is 0.493 e. The van der Waals surface area contributed by atoms with Crippen LogP contribution in [-0.4, -0.2) is 28.0 Å². The van der Waals surface area contributed by atoms with Crippen molar-refractivity contribution in [2.24, 2.45) is 5.10 Å². The summed E-state index contributed by atoms with van der Waals surface area (Å²) in [7, 11) is 0. The van der Waals surface area contributed by atoms with Crippen molar-refractivity contribution in [2.75, 3.05) is 12.0 Å². The van der Waals surface area contributed by atoms with Crippen LogP contribution in [0, 0.1) is 0 Å². The number of para-hydroxylation sites is 1. The van der Waals surface area contributed by atoms with Crippen LogP contribution in [0.1, 0.15) is 45.4 Å². The van der Waals surface area contributed by atoms with Crippen LogP contribution < -0.4 is 15.9 Å². The van der Waals surface area contributed by atoms with Crippen molar-refractivity contribution >= 4 is 12.0 Å². The van der Waals surface area contributed by atoms with E-state index in [-0.39, 0.29) is 5.41 Å². The van der Waals surface area contributed by atoms with Crippen LogP contribution in [-0.2, 0) is 5.41 Å². The van der Waals surface area contributed by atoms with Gasteiger partial charge in [-0.3, -0.25) is 5.43 Å². The van der Waals surface area contributed by atoms with Gasteiger partial charge >= 0.3 is 5.69 Å². The molecule has 2 rings (SSSR count). The number of hydrazone groups is 1. The molecule has 7 nitrogen and oxygen atoms in total. The molecule has 0 bridgehead atoms. The zero-order valence-electron chi connectivity index (χ0n) is 14.5. The summed E-state index contributed by atoms with van der Waals surface area (Å²) in [5.74, 6) is 1.10. The molecular weight excluding hydrogens is 306 g/mol. The highest BCUT2D eigenvalue weighted by molar-refractivity contribution is 5.83. The minimum absolute atomic E-state index is 0.281. The molecule has 7 heteroatoms. The number of anilines is 1. The number of benzene rings is 1. The van der Waals surface area contributed by atoms with E-state index < -0.39 is 5.69 Å². The molecule has 1 aromatic heterocycles. The molecule has 0 amide bonds. The fraction of sp³-hybridized carbons (Fsp3) is 0.412. The average Bonchev–Trinajstić information content (AvgIpc) is 2.53. The Kier molecular flexibility index (Phi) is 5.68. The van der Waals surface area contributed by atoms with Gasteiger partial charge in [0.1, 0.15) is 11.4 Å². The van der Waals surface area contributed by atoms with E-state index in [0.29, 0.717) is 18.1 Å². The fourth-order valence-electron chi connectivity index (χ4n) is 2.03. The first kappa shape index (κ1) is 17.7. The third-order valence-electron chi connectivity index (χ3n) is 3.17. The SMILES string of the molecule is CCCOc1ccccc1/C=N/Nc1nc(=O)[nH]nc1C(C)(C)C. The first-order valence-corrected chi connectivity index (χ1v) is 7.90. The zero-order valence-corrected chi connectivity index (χ0v) is 14.5. The van der Waals surface area contributed by atoms with Crippen molar-refractivity contribution in [3.8, 4) is 5.75 Å². The number of nitrogens with zero attached hydrogens (tertiary/aromatic N) is 3. The van der Waals surface area contributed by atoms with Crippen LogP contribution in [0.2, 0.25) is 0 Å². The van der Waals surface area contributed by atoms with Gasteiger partial charge in [0.25, 0.3) is 0 Å². The van der Waals surface area contributed by atoms with Crippen LogP contribution in [0.4, 0.5) is 5.82 Å². The Bertz CT molecular complexity index is 762. The van der Waals surface area contributed by atoms with E-state index in [9.17, 15) is 4.79 Å². The van der Waals surface area contributed by atoms with Gasteiger partial charge in [-0.2, -0.15) is 15.2 Å². The standard InChI is InChI=1S/C17H23N5O2/c1-5-10-24-13-9-7-6-8-12(13)11-18-21-15-14(17(2,3)4)20-22-16(23)19-15/h6-9,11H,5,10H2,1-4H3,(H2,19,21,22,23)/b18-11+. The lowest BCUT2D eigenvalue weighted by atomic mass is 9.92. The maximum atomic E-state index is 11.4. The maximum Gasteiger partial charge on any atom is 0.363 e. The molecule has 0 spiro atoms. The first-order valence-electron chi connectivity index (χ1n) is 7.90. The summed E-state index contributed by atoms with van der Waals surface area (Å²) in [5.41, 5.74) is 3.49. The summed E-state index contributed by atoms with van der Waals surface area (Å²) in [5, 5.41) is 10.6. The molecule has 1 aromatic carbocycles. The highest BCUT2D eigenvalue weighted by Gasteiger charge is 2.21. The van der Waals surface area contributed by atoms with Crippen LogP contribution in [0.5, 0.6) is 5.75 Å². The summed E-state index contributed by atoms with van der Waals surface area (Å²) in [4.78, 5) is 15.3. The molecule has 0 fully saturated rings. The molecular formula is C17H23N5O2. The number of hydrogen-bond donors (Lipinski definition) is 2. The molecule has 0 atom stereocenters. The predicted molar refractivity (Wildman–Crippen MR) is 94.8 cm³/mol. The fourth-order valence-corrected chi connectivity index (χ4v) is 2.03. The van der Waals surface area contributed by atoms with E-state index in [1.165, 1.54) is 0 Å². The van der Waals surface area contributed by atoms with Gasteiger partial charge in [0.2, 0.25) is 0 Å². The van der Waals surface area contributed by atoms with Crippen LogP contribution in [0.3, 0.4) is 0 Å². The van der Waals surface area contributed by atoms with Crippen LogP contribution in [0.15, 0.2) is 34.2 Å². The van der Waals surface area contributed by atoms with E-state index >= 15 is 0 Å². The molecule has 0 saturated carbocycles. The second-order valence-electron chi connectivity index (χ2n) is 6.34. The number of H-pyrrole nitrogens is 1. The highest BCUT2D eigenvalue weighted by atomic mass is 16.5. The van der Waals surface area contributed by atoms with Crippen molar-refractivity contribution in [2.45, 2.75) is 39.5 Å². The Hall–Kier alpha value is -2.70. The van der Waals surface area contributed by atoms with Gasteiger partial charge in [-0.1, -0.05) is 39.8 Å². The van der Waals surface area contributed by atoms with E-state index in [1.54, 1.807) is 6.21 Å². The zero-order chi connectivity index (χ0) is 17.6. The molecule has 24 heavy (non-hydrogen) atoms. The molecule has 0 aliphatic rings.